The number of carbonyl (C=O) groups is 2. The van der Waals surface area contributed by atoms with Crippen molar-refractivity contribution in [3.8, 4) is 0 Å². The summed E-state index contributed by atoms with van der Waals surface area (Å²) in [6.07, 6.45) is 1.83. The summed E-state index contributed by atoms with van der Waals surface area (Å²) in [7, 11) is 0. The molecule has 0 aliphatic heterocycles. The van der Waals surface area contributed by atoms with Crippen molar-refractivity contribution in [3.63, 3.8) is 0 Å². The van der Waals surface area contributed by atoms with E-state index < -0.39 is 23.7 Å². The zero-order valence-electron chi connectivity index (χ0n) is 13.0. The lowest BCUT2D eigenvalue weighted by molar-refractivity contribution is -0.139. The van der Waals surface area contributed by atoms with Crippen LogP contribution in [0, 0.1) is 0 Å². The molecule has 10 heteroatoms. The maximum atomic E-state index is 11.8. The van der Waals surface area contributed by atoms with Gasteiger partial charge in [0.15, 0.2) is 11.5 Å². The van der Waals surface area contributed by atoms with Crippen LogP contribution in [0.1, 0.15) is 20.8 Å². The molecule has 0 fully saturated rings. The first-order valence-electron chi connectivity index (χ1n) is 6.81. The highest BCUT2D eigenvalue weighted by molar-refractivity contribution is 5.82. The third kappa shape index (κ3) is 4.05. The molecule has 23 heavy (non-hydrogen) atoms. The molecule has 0 aliphatic carbocycles. The molecule has 10 nitrogen and oxygen atoms in total. The highest BCUT2D eigenvalue weighted by Crippen LogP contribution is 2.14. The Morgan fingerprint density at radius 2 is 2.09 bits per heavy atom. The van der Waals surface area contributed by atoms with Crippen molar-refractivity contribution in [2.24, 2.45) is 0 Å². The molecule has 2 aromatic rings. The number of aromatic nitrogens is 4. The number of nitrogens with zero attached hydrogens (tertiary/aromatic N) is 4. The highest BCUT2D eigenvalue weighted by atomic mass is 16.6. The zero-order valence-corrected chi connectivity index (χ0v) is 13.0. The Bertz CT molecular complexity index is 736. The van der Waals surface area contributed by atoms with E-state index >= 15 is 0 Å². The number of nitrogen functional groups attached to an aromatic ring is 1. The fraction of sp³-hybridized carbons (Fsp3) is 0.462. The molecule has 4 N–H and O–H groups in total. The number of carboxylic acids is 1. The molecule has 2 heterocycles. The standard InChI is InChI=1S/C13H18N6O4/c1-13(2,3)23-12(22)18-7(11(20)21)4-19-6-17-8-9(14)15-5-16-10(8)19/h5-7H,4H2,1-3H3,(H,18,22)(H,20,21)(H2,14,15,16)/t7-/m0/s1. The molecule has 0 saturated heterocycles. The minimum absolute atomic E-state index is 0.0818. The monoisotopic (exact) mass is 322 g/mol. The molecule has 0 aliphatic rings. The molecule has 1 amide bonds. The number of carboxylic acid groups (broad SMARTS) is 1. The number of hydrogen-bond donors (Lipinski definition) is 3. The van der Waals surface area contributed by atoms with Crippen LogP contribution in [0.2, 0.25) is 0 Å². The summed E-state index contributed by atoms with van der Waals surface area (Å²) in [5.41, 5.74) is 5.70. The number of hydrogen-bond acceptors (Lipinski definition) is 7. The number of ether oxygens (including phenoxy) is 1. The van der Waals surface area contributed by atoms with Gasteiger partial charge in [-0.15, -0.1) is 0 Å². The lowest BCUT2D eigenvalue weighted by Gasteiger charge is -2.22. The van der Waals surface area contributed by atoms with E-state index in [1.165, 1.54) is 17.2 Å². The van der Waals surface area contributed by atoms with E-state index in [-0.39, 0.29) is 12.4 Å². The highest BCUT2D eigenvalue weighted by Gasteiger charge is 2.25. The van der Waals surface area contributed by atoms with Crippen molar-refractivity contribution in [1.29, 1.82) is 0 Å². The number of carbonyl (C=O) groups excluding carboxylic acids is 1. The van der Waals surface area contributed by atoms with E-state index in [0.29, 0.717) is 11.2 Å². The smallest absolute Gasteiger partial charge is 0.408 e. The van der Waals surface area contributed by atoms with Gasteiger partial charge in [0.1, 0.15) is 23.5 Å². The predicted octanol–water partition coefficient (Wildman–Crippen LogP) is 0.386. The van der Waals surface area contributed by atoms with Crippen LogP contribution in [0.4, 0.5) is 10.6 Å². The van der Waals surface area contributed by atoms with Gasteiger partial charge in [0.05, 0.1) is 12.9 Å². The maximum absolute atomic E-state index is 11.8. The second-order valence-electron chi connectivity index (χ2n) is 5.87. The van der Waals surface area contributed by atoms with Gasteiger partial charge in [-0.1, -0.05) is 0 Å². The average Bonchev–Trinajstić information content (AvgIpc) is 2.80. The molecule has 0 saturated carbocycles. The van der Waals surface area contributed by atoms with E-state index in [9.17, 15) is 14.7 Å². The van der Waals surface area contributed by atoms with Gasteiger partial charge in [-0.05, 0) is 20.8 Å². The number of amides is 1. The van der Waals surface area contributed by atoms with E-state index in [0.717, 1.165) is 0 Å². The topological polar surface area (TPSA) is 145 Å². The summed E-state index contributed by atoms with van der Waals surface area (Å²) in [5, 5.41) is 11.6. The van der Waals surface area contributed by atoms with Crippen LogP contribution in [0.15, 0.2) is 12.7 Å². The molecule has 2 rings (SSSR count). The van der Waals surface area contributed by atoms with Crippen molar-refractivity contribution in [2.45, 2.75) is 39.0 Å². The summed E-state index contributed by atoms with van der Waals surface area (Å²) in [5.74, 6) is -1.01. The van der Waals surface area contributed by atoms with Crippen molar-refractivity contribution in [2.75, 3.05) is 5.73 Å². The number of alkyl carbamates (subject to hydrolysis) is 1. The summed E-state index contributed by atoms with van der Waals surface area (Å²) in [6, 6.07) is -1.21. The van der Waals surface area contributed by atoms with E-state index in [1.54, 1.807) is 20.8 Å². The lowest BCUT2D eigenvalue weighted by atomic mass is 10.2. The molecule has 0 radical (unpaired) electrons. The minimum Gasteiger partial charge on any atom is -0.480 e. The Morgan fingerprint density at radius 3 is 2.70 bits per heavy atom. The van der Waals surface area contributed by atoms with E-state index in [2.05, 4.69) is 20.3 Å². The molecule has 0 bridgehead atoms. The summed E-state index contributed by atoms with van der Waals surface area (Å²) >= 11 is 0. The SMILES string of the molecule is CC(C)(C)OC(=O)N[C@@H](Cn1cnc2c(N)ncnc21)C(=O)O. The molecular formula is C13H18N6O4. The van der Waals surface area contributed by atoms with Gasteiger partial charge in [0.2, 0.25) is 0 Å². The Kier molecular flexibility index (Phi) is 4.34. The van der Waals surface area contributed by atoms with Gasteiger partial charge in [0, 0.05) is 0 Å². The fourth-order valence-electron chi connectivity index (χ4n) is 1.86. The molecule has 0 spiro atoms. The van der Waals surface area contributed by atoms with Crippen LogP contribution >= 0.6 is 0 Å². The minimum atomic E-state index is -1.21. The van der Waals surface area contributed by atoms with E-state index in [1.807, 2.05) is 0 Å². The number of anilines is 1. The lowest BCUT2D eigenvalue weighted by Crippen LogP contribution is -2.45. The molecule has 2 aromatic heterocycles. The molecule has 1 atom stereocenters. The number of nitrogens with one attached hydrogen (secondary N) is 1. The van der Waals surface area contributed by atoms with Crippen LogP contribution in [0.3, 0.4) is 0 Å². The molecular weight excluding hydrogens is 304 g/mol. The quantitative estimate of drug-likeness (QED) is 0.732. The number of nitrogens with two attached hydrogens (primary N) is 1. The van der Waals surface area contributed by atoms with Gasteiger partial charge in [-0.3, -0.25) is 0 Å². The molecule has 0 unspecified atom stereocenters. The van der Waals surface area contributed by atoms with Crippen LogP contribution < -0.4 is 11.1 Å². The third-order valence-corrected chi connectivity index (χ3v) is 2.80. The molecule has 0 aromatic carbocycles. The number of aliphatic carboxylic acids is 1. The van der Waals surface area contributed by atoms with Gasteiger partial charge in [-0.25, -0.2) is 24.5 Å². The predicted molar refractivity (Wildman–Crippen MR) is 80.5 cm³/mol. The van der Waals surface area contributed by atoms with Crippen LogP contribution in [0.25, 0.3) is 11.2 Å². The Labute approximate surface area is 131 Å². The zero-order chi connectivity index (χ0) is 17.2. The van der Waals surface area contributed by atoms with Crippen molar-refractivity contribution in [1.82, 2.24) is 24.8 Å². The summed E-state index contributed by atoms with van der Waals surface area (Å²) in [4.78, 5) is 35.0. The van der Waals surface area contributed by atoms with E-state index in [4.69, 9.17) is 10.5 Å². The largest absolute Gasteiger partial charge is 0.480 e. The summed E-state index contributed by atoms with van der Waals surface area (Å²) < 4.78 is 6.54. The van der Waals surface area contributed by atoms with Gasteiger partial charge in [-0.2, -0.15) is 0 Å². The normalized spacial score (nSPS) is 12.8. The Hall–Kier alpha value is -2.91. The molecule has 124 valence electrons. The Morgan fingerprint density at radius 1 is 1.39 bits per heavy atom. The van der Waals surface area contributed by atoms with Crippen molar-refractivity contribution in [3.05, 3.63) is 12.7 Å². The van der Waals surface area contributed by atoms with Gasteiger partial charge in [0.25, 0.3) is 0 Å². The van der Waals surface area contributed by atoms with Crippen molar-refractivity contribution >= 4 is 29.0 Å². The van der Waals surface area contributed by atoms with Crippen LogP contribution in [-0.2, 0) is 16.1 Å². The third-order valence-electron chi connectivity index (χ3n) is 2.80. The number of rotatable bonds is 4. The van der Waals surface area contributed by atoms with Gasteiger partial charge < -0.3 is 25.5 Å². The van der Waals surface area contributed by atoms with Crippen LogP contribution in [-0.4, -0.2) is 48.3 Å². The Balaban J connectivity index is 2.17. The maximum Gasteiger partial charge on any atom is 0.408 e. The summed E-state index contributed by atoms with van der Waals surface area (Å²) in [6.45, 7) is 4.98. The second kappa shape index (κ2) is 6.07. The second-order valence-corrected chi connectivity index (χ2v) is 5.87. The first-order chi connectivity index (χ1) is 10.7. The van der Waals surface area contributed by atoms with Crippen molar-refractivity contribution < 1.29 is 19.4 Å². The van der Waals surface area contributed by atoms with Crippen LogP contribution in [0.5, 0.6) is 0 Å². The average molecular weight is 322 g/mol. The van der Waals surface area contributed by atoms with Gasteiger partial charge >= 0.3 is 12.1 Å². The first-order valence-corrected chi connectivity index (χ1v) is 6.81. The fourth-order valence-corrected chi connectivity index (χ4v) is 1.86. The first kappa shape index (κ1) is 16.5. The number of imidazole rings is 1. The number of fused-ring (bicyclic) bond motifs is 1.